The zero-order chi connectivity index (χ0) is 15.2. The number of rotatable bonds is 5. The van der Waals surface area contributed by atoms with Crippen molar-refractivity contribution in [2.75, 3.05) is 7.11 Å². The van der Waals surface area contributed by atoms with Crippen LogP contribution in [0, 0.1) is 11.3 Å². The highest BCUT2D eigenvalue weighted by Gasteiger charge is 2.18. The van der Waals surface area contributed by atoms with E-state index in [0.29, 0.717) is 17.1 Å². The van der Waals surface area contributed by atoms with Crippen molar-refractivity contribution in [1.82, 2.24) is 0 Å². The molecule has 5 nitrogen and oxygen atoms in total. The van der Waals surface area contributed by atoms with Crippen LogP contribution in [0.3, 0.4) is 0 Å². The van der Waals surface area contributed by atoms with Crippen LogP contribution in [0.25, 0.3) is 0 Å². The molecule has 0 aliphatic carbocycles. The molecular formula is C15H14BNO4. The Morgan fingerprint density at radius 3 is 2.67 bits per heavy atom. The Morgan fingerprint density at radius 2 is 2.00 bits per heavy atom. The van der Waals surface area contributed by atoms with E-state index in [4.69, 9.17) is 14.7 Å². The molecule has 2 aromatic rings. The van der Waals surface area contributed by atoms with Crippen LogP contribution < -0.4 is 14.9 Å². The van der Waals surface area contributed by atoms with Crippen LogP contribution in [0.5, 0.6) is 11.5 Å². The Hall–Kier alpha value is -2.49. The van der Waals surface area contributed by atoms with Gasteiger partial charge in [-0.2, -0.15) is 5.26 Å². The molecular weight excluding hydrogens is 269 g/mol. The number of methoxy groups -OCH3 is 1. The third kappa shape index (κ3) is 3.75. The zero-order valence-corrected chi connectivity index (χ0v) is 11.5. The number of benzene rings is 2. The third-order valence-corrected chi connectivity index (χ3v) is 2.95. The fourth-order valence-electron chi connectivity index (χ4n) is 1.88. The van der Waals surface area contributed by atoms with E-state index < -0.39 is 7.12 Å². The van der Waals surface area contributed by atoms with Crippen LogP contribution in [-0.4, -0.2) is 24.3 Å². The Morgan fingerprint density at radius 1 is 1.19 bits per heavy atom. The summed E-state index contributed by atoms with van der Waals surface area (Å²) in [6.07, 6.45) is 0. The summed E-state index contributed by atoms with van der Waals surface area (Å²) in [6, 6.07) is 13.9. The van der Waals surface area contributed by atoms with E-state index >= 15 is 0 Å². The number of hydrogen-bond donors (Lipinski definition) is 2. The first kappa shape index (κ1) is 14.9. The predicted molar refractivity (Wildman–Crippen MR) is 78.3 cm³/mol. The largest absolute Gasteiger partial charge is 0.497 e. The zero-order valence-electron chi connectivity index (χ0n) is 11.5. The first-order valence-electron chi connectivity index (χ1n) is 6.30. The number of nitrogens with zero attached hydrogens (tertiary/aromatic N) is 1. The van der Waals surface area contributed by atoms with Gasteiger partial charge in [0.1, 0.15) is 18.1 Å². The van der Waals surface area contributed by atoms with E-state index in [0.717, 1.165) is 5.56 Å². The Balaban J connectivity index is 2.17. The second kappa shape index (κ2) is 6.79. The monoisotopic (exact) mass is 283 g/mol. The summed E-state index contributed by atoms with van der Waals surface area (Å²) in [4.78, 5) is 0. The first-order chi connectivity index (χ1) is 10.1. The van der Waals surface area contributed by atoms with Crippen LogP contribution in [0.4, 0.5) is 0 Å². The molecule has 0 bridgehead atoms. The highest BCUT2D eigenvalue weighted by atomic mass is 16.5. The van der Waals surface area contributed by atoms with Gasteiger partial charge in [-0.3, -0.25) is 0 Å². The first-order valence-corrected chi connectivity index (χ1v) is 6.30. The highest BCUT2D eigenvalue weighted by molar-refractivity contribution is 6.59. The predicted octanol–water partition coefficient (Wildman–Crippen LogP) is 0.826. The molecule has 0 amide bonds. The molecule has 0 aromatic heterocycles. The minimum absolute atomic E-state index is 0.224. The average Bonchev–Trinajstić information content (AvgIpc) is 2.52. The van der Waals surface area contributed by atoms with Crippen molar-refractivity contribution in [3.05, 3.63) is 53.6 Å². The standard InChI is InChI=1S/C15H14BNO4/c1-20-13-5-6-15(14(8-13)16(18)19)21-10-12-4-2-3-11(7-12)9-17/h2-8,18-19H,10H2,1H3. The second-order valence-corrected chi connectivity index (χ2v) is 4.38. The molecule has 0 saturated carbocycles. The lowest BCUT2D eigenvalue weighted by Gasteiger charge is -2.12. The maximum Gasteiger partial charge on any atom is 0.492 e. The van der Waals surface area contributed by atoms with E-state index in [1.54, 1.807) is 30.3 Å². The SMILES string of the molecule is COc1ccc(OCc2cccc(C#N)c2)c(B(O)O)c1. The maximum absolute atomic E-state index is 9.38. The second-order valence-electron chi connectivity index (χ2n) is 4.38. The van der Waals surface area contributed by atoms with E-state index in [9.17, 15) is 10.0 Å². The van der Waals surface area contributed by atoms with E-state index in [-0.39, 0.29) is 12.1 Å². The summed E-state index contributed by atoms with van der Waals surface area (Å²) in [6.45, 7) is 0.224. The van der Waals surface area contributed by atoms with Crippen LogP contribution >= 0.6 is 0 Å². The van der Waals surface area contributed by atoms with E-state index in [1.807, 2.05) is 6.07 Å². The third-order valence-electron chi connectivity index (χ3n) is 2.95. The molecule has 0 aliphatic heterocycles. The van der Waals surface area contributed by atoms with E-state index in [1.165, 1.54) is 13.2 Å². The highest BCUT2D eigenvalue weighted by Crippen LogP contribution is 2.17. The van der Waals surface area contributed by atoms with Crippen LogP contribution in [0.15, 0.2) is 42.5 Å². The van der Waals surface area contributed by atoms with Gasteiger partial charge < -0.3 is 19.5 Å². The van der Waals surface area contributed by atoms with Crippen LogP contribution in [0.1, 0.15) is 11.1 Å². The summed E-state index contributed by atoms with van der Waals surface area (Å²) >= 11 is 0. The summed E-state index contributed by atoms with van der Waals surface area (Å²) < 4.78 is 10.6. The Labute approximate surface area is 123 Å². The summed E-state index contributed by atoms with van der Waals surface area (Å²) in [5.41, 5.74) is 1.60. The molecule has 106 valence electrons. The average molecular weight is 283 g/mol. The number of nitriles is 1. The molecule has 21 heavy (non-hydrogen) atoms. The van der Waals surface area contributed by atoms with Gasteiger partial charge in [-0.05, 0) is 35.9 Å². The van der Waals surface area contributed by atoms with Gasteiger partial charge in [-0.25, -0.2) is 0 Å². The van der Waals surface area contributed by atoms with Gasteiger partial charge in [0.05, 0.1) is 18.7 Å². The smallest absolute Gasteiger partial charge is 0.492 e. The lowest BCUT2D eigenvalue weighted by Crippen LogP contribution is -2.31. The quantitative estimate of drug-likeness (QED) is 0.794. The number of ether oxygens (including phenoxy) is 2. The maximum atomic E-state index is 9.38. The molecule has 0 unspecified atom stereocenters. The lowest BCUT2D eigenvalue weighted by atomic mass is 9.79. The molecule has 6 heteroatoms. The molecule has 0 saturated heterocycles. The van der Waals surface area contributed by atoms with Crippen molar-refractivity contribution in [3.63, 3.8) is 0 Å². The minimum atomic E-state index is -1.65. The normalized spacial score (nSPS) is 9.81. The summed E-state index contributed by atoms with van der Waals surface area (Å²) in [5, 5.41) is 27.6. The molecule has 0 fully saturated rings. The topological polar surface area (TPSA) is 82.7 Å². The van der Waals surface area contributed by atoms with Crippen molar-refractivity contribution in [3.8, 4) is 17.6 Å². The Kier molecular flexibility index (Phi) is 4.83. The summed E-state index contributed by atoms with van der Waals surface area (Å²) in [5.74, 6) is 0.866. The minimum Gasteiger partial charge on any atom is -0.497 e. The van der Waals surface area contributed by atoms with Crippen LogP contribution in [0.2, 0.25) is 0 Å². The molecule has 2 rings (SSSR count). The van der Waals surface area contributed by atoms with Gasteiger partial charge in [0.15, 0.2) is 0 Å². The van der Waals surface area contributed by atoms with Gasteiger partial charge in [0.25, 0.3) is 0 Å². The van der Waals surface area contributed by atoms with Crippen molar-refractivity contribution in [2.45, 2.75) is 6.61 Å². The molecule has 0 radical (unpaired) electrons. The fraction of sp³-hybridized carbons (Fsp3) is 0.133. The van der Waals surface area contributed by atoms with Gasteiger partial charge in [-0.1, -0.05) is 12.1 Å². The van der Waals surface area contributed by atoms with Gasteiger partial charge in [0.2, 0.25) is 0 Å². The van der Waals surface area contributed by atoms with Crippen molar-refractivity contribution < 1.29 is 19.5 Å². The summed E-state index contributed by atoms with van der Waals surface area (Å²) in [7, 11) is -0.155. The van der Waals surface area contributed by atoms with Crippen LogP contribution in [-0.2, 0) is 6.61 Å². The fourth-order valence-corrected chi connectivity index (χ4v) is 1.88. The molecule has 2 aromatic carbocycles. The molecule has 0 spiro atoms. The number of hydrogen-bond acceptors (Lipinski definition) is 5. The molecule has 2 N–H and O–H groups in total. The van der Waals surface area contributed by atoms with Gasteiger partial charge >= 0.3 is 7.12 Å². The van der Waals surface area contributed by atoms with E-state index in [2.05, 4.69) is 6.07 Å². The molecule has 0 heterocycles. The van der Waals surface area contributed by atoms with Crippen molar-refractivity contribution in [1.29, 1.82) is 5.26 Å². The Bertz CT molecular complexity index is 667. The lowest BCUT2D eigenvalue weighted by molar-refractivity contribution is 0.306. The van der Waals surface area contributed by atoms with Crippen molar-refractivity contribution >= 4 is 12.6 Å². The van der Waals surface area contributed by atoms with Gasteiger partial charge in [-0.15, -0.1) is 0 Å². The van der Waals surface area contributed by atoms with Crippen molar-refractivity contribution in [2.24, 2.45) is 0 Å². The molecule has 0 atom stereocenters. The van der Waals surface area contributed by atoms with Gasteiger partial charge in [0, 0.05) is 5.46 Å². The molecule has 0 aliphatic rings.